The van der Waals surface area contributed by atoms with Crippen molar-refractivity contribution in [3.8, 4) is 0 Å². The minimum atomic E-state index is -0.190. The molecule has 1 N–H and O–H groups in total. The van der Waals surface area contributed by atoms with E-state index in [1.165, 1.54) is 0 Å². The Morgan fingerprint density at radius 1 is 1.52 bits per heavy atom. The highest BCUT2D eigenvalue weighted by Gasteiger charge is 2.35. The molecule has 0 bridgehead atoms. The molecule has 3 rings (SSSR count). The Balaban J connectivity index is 1.53. The minimum Gasteiger partial charge on any atom is -0.373 e. The number of nitrogens with one attached hydrogen (secondary N) is 1. The Hall–Kier alpha value is -2.15. The highest BCUT2D eigenvalue weighted by Crippen LogP contribution is 2.34. The fraction of sp³-hybridized carbons (Fsp3) is 0.562. The summed E-state index contributed by atoms with van der Waals surface area (Å²) in [6.07, 6.45) is 7.94. The van der Waals surface area contributed by atoms with Gasteiger partial charge in [-0.1, -0.05) is 6.92 Å². The zero-order valence-corrected chi connectivity index (χ0v) is 13.6. The van der Waals surface area contributed by atoms with Crippen LogP contribution in [0.25, 0.3) is 0 Å². The molecule has 1 amide bonds. The van der Waals surface area contributed by atoms with Gasteiger partial charge in [-0.15, -0.1) is 0 Å². The first-order valence-corrected chi connectivity index (χ1v) is 7.99. The molecule has 1 fully saturated rings. The van der Waals surface area contributed by atoms with Gasteiger partial charge in [-0.05, 0) is 18.4 Å². The number of hydrogen-bond donors (Lipinski definition) is 1. The molecule has 0 aliphatic carbocycles. The van der Waals surface area contributed by atoms with E-state index in [9.17, 15) is 4.79 Å². The van der Waals surface area contributed by atoms with Gasteiger partial charge in [-0.3, -0.25) is 14.2 Å². The lowest BCUT2D eigenvalue weighted by molar-refractivity contribution is -0.127. The molecule has 0 radical (unpaired) electrons. The molecular formula is C16H23N5O2. The molecule has 7 heteroatoms. The second-order valence-electron chi connectivity index (χ2n) is 6.21. The third-order valence-corrected chi connectivity index (χ3v) is 4.16. The zero-order chi connectivity index (χ0) is 16.2. The van der Waals surface area contributed by atoms with Crippen molar-refractivity contribution in [2.24, 2.45) is 18.9 Å². The van der Waals surface area contributed by atoms with Crippen molar-refractivity contribution >= 4 is 5.91 Å². The monoisotopic (exact) mass is 317 g/mol. The standard InChI is InChI=1S/C16H23N5O2/c1-12(10-21-6-3-5-18-21)8-17-16(22)14-4-7-23-15(14)13-9-19-20(2)11-13/h3,5-6,9,11-12,14-15H,4,7-8,10H2,1-2H3,(H,17,22)/t12-,14+,15-/m1/s1. The van der Waals surface area contributed by atoms with Crippen molar-refractivity contribution in [2.75, 3.05) is 13.2 Å². The van der Waals surface area contributed by atoms with E-state index in [1.807, 2.05) is 30.2 Å². The van der Waals surface area contributed by atoms with Crippen LogP contribution in [0.15, 0.2) is 30.9 Å². The van der Waals surface area contributed by atoms with E-state index in [0.717, 1.165) is 18.5 Å². The van der Waals surface area contributed by atoms with Gasteiger partial charge in [0.1, 0.15) is 0 Å². The van der Waals surface area contributed by atoms with Gasteiger partial charge in [0, 0.05) is 50.9 Å². The molecule has 1 saturated heterocycles. The Labute approximate surface area is 135 Å². The maximum Gasteiger partial charge on any atom is 0.226 e. The van der Waals surface area contributed by atoms with Crippen LogP contribution >= 0.6 is 0 Å². The molecule has 0 spiro atoms. The lowest BCUT2D eigenvalue weighted by Crippen LogP contribution is -2.36. The first-order valence-electron chi connectivity index (χ1n) is 7.99. The average molecular weight is 317 g/mol. The maximum absolute atomic E-state index is 12.5. The Kier molecular flexibility index (Phi) is 4.76. The molecule has 23 heavy (non-hydrogen) atoms. The molecule has 3 heterocycles. The molecule has 7 nitrogen and oxygen atoms in total. The van der Waals surface area contributed by atoms with Crippen molar-refractivity contribution in [1.82, 2.24) is 24.9 Å². The van der Waals surface area contributed by atoms with Crippen LogP contribution in [0.5, 0.6) is 0 Å². The highest BCUT2D eigenvalue weighted by molar-refractivity contribution is 5.79. The second kappa shape index (κ2) is 6.95. The zero-order valence-electron chi connectivity index (χ0n) is 13.6. The smallest absolute Gasteiger partial charge is 0.226 e. The van der Waals surface area contributed by atoms with Crippen LogP contribution in [-0.4, -0.2) is 38.6 Å². The molecule has 2 aromatic heterocycles. The number of rotatable bonds is 6. The summed E-state index contributed by atoms with van der Waals surface area (Å²) in [5.74, 6) is 0.234. The summed E-state index contributed by atoms with van der Waals surface area (Å²) < 4.78 is 9.37. The van der Waals surface area contributed by atoms with E-state index in [2.05, 4.69) is 22.4 Å². The fourth-order valence-corrected chi connectivity index (χ4v) is 2.97. The van der Waals surface area contributed by atoms with Crippen LogP contribution < -0.4 is 5.32 Å². The first-order chi connectivity index (χ1) is 11.1. The lowest BCUT2D eigenvalue weighted by atomic mass is 9.96. The minimum absolute atomic E-state index is 0.0590. The van der Waals surface area contributed by atoms with Crippen molar-refractivity contribution < 1.29 is 9.53 Å². The molecule has 124 valence electrons. The van der Waals surface area contributed by atoms with E-state index >= 15 is 0 Å². The highest BCUT2D eigenvalue weighted by atomic mass is 16.5. The molecule has 2 aromatic rings. The summed E-state index contributed by atoms with van der Waals surface area (Å²) in [4.78, 5) is 12.5. The number of ether oxygens (including phenoxy) is 1. The summed E-state index contributed by atoms with van der Waals surface area (Å²) in [6, 6.07) is 1.90. The largest absolute Gasteiger partial charge is 0.373 e. The Morgan fingerprint density at radius 3 is 3.09 bits per heavy atom. The number of hydrogen-bond acceptors (Lipinski definition) is 4. The number of carbonyl (C=O) groups excluding carboxylic acids is 1. The third kappa shape index (κ3) is 3.79. The predicted molar refractivity (Wildman–Crippen MR) is 84.4 cm³/mol. The van der Waals surface area contributed by atoms with Crippen molar-refractivity contribution in [2.45, 2.75) is 26.0 Å². The SMILES string of the molecule is C[C@H](CNC(=O)[C@H]1CCO[C@@H]1c1cnn(C)c1)Cn1cccn1. The molecule has 1 aliphatic heterocycles. The number of aryl methyl sites for hydroxylation is 1. The number of amides is 1. The van der Waals surface area contributed by atoms with E-state index in [4.69, 9.17) is 4.74 Å². The van der Waals surface area contributed by atoms with Crippen molar-refractivity contribution in [1.29, 1.82) is 0 Å². The van der Waals surface area contributed by atoms with Crippen LogP contribution in [0.1, 0.15) is 25.0 Å². The van der Waals surface area contributed by atoms with Crippen LogP contribution in [0.3, 0.4) is 0 Å². The van der Waals surface area contributed by atoms with E-state index in [0.29, 0.717) is 19.1 Å². The first kappa shape index (κ1) is 15.7. The van der Waals surface area contributed by atoms with Gasteiger partial charge >= 0.3 is 0 Å². The molecule has 0 aromatic carbocycles. The molecule has 3 atom stereocenters. The quantitative estimate of drug-likeness (QED) is 0.867. The van der Waals surface area contributed by atoms with E-state index in [1.54, 1.807) is 17.1 Å². The van der Waals surface area contributed by atoms with Crippen molar-refractivity contribution in [3.05, 3.63) is 36.4 Å². The van der Waals surface area contributed by atoms with Gasteiger partial charge in [0.15, 0.2) is 0 Å². The van der Waals surface area contributed by atoms with Crippen LogP contribution in [0.4, 0.5) is 0 Å². The van der Waals surface area contributed by atoms with E-state index in [-0.39, 0.29) is 17.9 Å². The van der Waals surface area contributed by atoms with Crippen LogP contribution in [0.2, 0.25) is 0 Å². The van der Waals surface area contributed by atoms with E-state index < -0.39 is 0 Å². The lowest BCUT2D eigenvalue weighted by Gasteiger charge is -2.19. The Bertz CT molecular complexity index is 637. The van der Waals surface area contributed by atoms with Gasteiger partial charge in [0.25, 0.3) is 0 Å². The van der Waals surface area contributed by atoms with Gasteiger partial charge in [0.2, 0.25) is 5.91 Å². The summed E-state index contributed by atoms with van der Waals surface area (Å²) >= 11 is 0. The maximum atomic E-state index is 12.5. The molecule has 0 unspecified atom stereocenters. The molecular weight excluding hydrogens is 294 g/mol. The summed E-state index contributed by atoms with van der Waals surface area (Å²) in [5, 5.41) is 11.4. The summed E-state index contributed by atoms with van der Waals surface area (Å²) in [6.45, 7) is 4.14. The van der Waals surface area contributed by atoms with Gasteiger partial charge < -0.3 is 10.1 Å². The van der Waals surface area contributed by atoms with Crippen LogP contribution in [-0.2, 0) is 23.1 Å². The topological polar surface area (TPSA) is 74.0 Å². The molecule has 1 aliphatic rings. The van der Waals surface area contributed by atoms with Crippen LogP contribution in [0, 0.1) is 11.8 Å². The van der Waals surface area contributed by atoms with Gasteiger partial charge in [-0.2, -0.15) is 10.2 Å². The van der Waals surface area contributed by atoms with Gasteiger partial charge in [-0.25, -0.2) is 0 Å². The predicted octanol–water partition coefficient (Wildman–Crippen LogP) is 1.15. The van der Waals surface area contributed by atoms with Crippen molar-refractivity contribution in [3.63, 3.8) is 0 Å². The summed E-state index contributed by atoms with van der Waals surface area (Å²) in [5.41, 5.74) is 0.967. The number of carbonyl (C=O) groups is 1. The number of nitrogens with zero attached hydrogens (tertiary/aromatic N) is 4. The normalized spacial score (nSPS) is 22.2. The summed E-state index contributed by atoms with van der Waals surface area (Å²) in [7, 11) is 1.87. The number of aromatic nitrogens is 4. The van der Waals surface area contributed by atoms with Gasteiger partial charge in [0.05, 0.1) is 18.2 Å². The third-order valence-electron chi connectivity index (χ3n) is 4.16. The average Bonchev–Trinajstić information content (AvgIpc) is 3.25. The second-order valence-corrected chi connectivity index (χ2v) is 6.21. The Morgan fingerprint density at radius 2 is 2.39 bits per heavy atom. The molecule has 0 saturated carbocycles. The fourth-order valence-electron chi connectivity index (χ4n) is 2.97.